The van der Waals surface area contributed by atoms with E-state index in [0.29, 0.717) is 0 Å². The summed E-state index contributed by atoms with van der Waals surface area (Å²) in [7, 11) is 0. The van der Waals surface area contributed by atoms with Gasteiger partial charge in [0.25, 0.3) is 0 Å². The fourth-order valence-electron chi connectivity index (χ4n) is 2.24. The maximum atomic E-state index is 4.65. The first kappa shape index (κ1) is 13.1. The van der Waals surface area contributed by atoms with Crippen molar-refractivity contribution >= 4 is 11.8 Å². The predicted molar refractivity (Wildman–Crippen MR) is 76.2 cm³/mol. The zero-order chi connectivity index (χ0) is 13.2. The Kier molecular flexibility index (Phi) is 3.73. The minimum absolute atomic E-state index is 0.0277. The molecule has 4 heteroatoms. The maximum Gasteiger partial charge on any atom is 0.227 e. The van der Waals surface area contributed by atoms with Crippen LogP contribution in [-0.2, 0) is 0 Å². The largest absolute Gasteiger partial charge is 0.365 e. The van der Waals surface area contributed by atoms with E-state index in [1.807, 2.05) is 13.0 Å². The van der Waals surface area contributed by atoms with Crippen LogP contribution in [0, 0.1) is 6.92 Å². The molecule has 0 spiro atoms. The Morgan fingerprint density at radius 2 is 1.78 bits per heavy atom. The van der Waals surface area contributed by atoms with Gasteiger partial charge in [-0.05, 0) is 47.0 Å². The zero-order valence-electron chi connectivity index (χ0n) is 12.0. The van der Waals surface area contributed by atoms with Crippen molar-refractivity contribution in [2.24, 2.45) is 0 Å². The van der Waals surface area contributed by atoms with Gasteiger partial charge < -0.3 is 10.2 Å². The highest BCUT2D eigenvalue weighted by molar-refractivity contribution is 5.45. The Labute approximate surface area is 110 Å². The van der Waals surface area contributed by atoms with Crippen LogP contribution in [0.15, 0.2) is 6.07 Å². The molecule has 1 fully saturated rings. The van der Waals surface area contributed by atoms with Gasteiger partial charge in [-0.2, -0.15) is 4.98 Å². The summed E-state index contributed by atoms with van der Waals surface area (Å²) in [6.45, 7) is 10.6. The Morgan fingerprint density at radius 3 is 2.39 bits per heavy atom. The summed E-state index contributed by atoms with van der Waals surface area (Å²) in [6.07, 6.45) is 3.83. The molecule has 0 saturated carbocycles. The number of rotatable bonds is 2. The molecule has 1 aromatic rings. The molecule has 0 amide bonds. The second kappa shape index (κ2) is 5.12. The number of hydrogen-bond acceptors (Lipinski definition) is 4. The van der Waals surface area contributed by atoms with Gasteiger partial charge in [0.05, 0.1) is 0 Å². The summed E-state index contributed by atoms with van der Waals surface area (Å²) in [5.41, 5.74) is 1.05. The number of aryl methyl sites for hydroxylation is 1. The van der Waals surface area contributed by atoms with Crippen LogP contribution >= 0.6 is 0 Å². The number of aromatic nitrogens is 2. The smallest absolute Gasteiger partial charge is 0.227 e. The molecule has 2 heterocycles. The third-order valence-corrected chi connectivity index (χ3v) is 2.98. The molecule has 100 valence electrons. The SMILES string of the molecule is Cc1cc(NC(C)(C)C)nc(N2CCCCC2)n1. The van der Waals surface area contributed by atoms with Crippen molar-refractivity contribution in [1.29, 1.82) is 0 Å². The van der Waals surface area contributed by atoms with Crippen molar-refractivity contribution in [1.82, 2.24) is 9.97 Å². The van der Waals surface area contributed by atoms with Gasteiger partial charge in [0.1, 0.15) is 5.82 Å². The van der Waals surface area contributed by atoms with Crippen LogP contribution in [0.2, 0.25) is 0 Å². The Morgan fingerprint density at radius 1 is 1.11 bits per heavy atom. The second-order valence-corrected chi connectivity index (χ2v) is 6.12. The van der Waals surface area contributed by atoms with E-state index < -0.39 is 0 Å². The molecule has 0 radical (unpaired) electrons. The first-order valence-corrected chi connectivity index (χ1v) is 6.83. The van der Waals surface area contributed by atoms with Crippen molar-refractivity contribution in [3.05, 3.63) is 11.8 Å². The molecule has 0 atom stereocenters. The fraction of sp³-hybridized carbons (Fsp3) is 0.714. The highest BCUT2D eigenvalue weighted by atomic mass is 15.3. The van der Waals surface area contributed by atoms with Crippen molar-refractivity contribution in [2.75, 3.05) is 23.3 Å². The number of nitrogens with zero attached hydrogens (tertiary/aromatic N) is 3. The monoisotopic (exact) mass is 248 g/mol. The van der Waals surface area contributed by atoms with Crippen molar-refractivity contribution in [3.8, 4) is 0 Å². The van der Waals surface area contributed by atoms with Crippen LogP contribution < -0.4 is 10.2 Å². The lowest BCUT2D eigenvalue weighted by molar-refractivity contribution is 0.567. The lowest BCUT2D eigenvalue weighted by atomic mass is 10.1. The summed E-state index contributed by atoms with van der Waals surface area (Å²) >= 11 is 0. The van der Waals surface area contributed by atoms with Crippen LogP contribution in [0.5, 0.6) is 0 Å². The molecule has 0 bridgehead atoms. The predicted octanol–water partition coefficient (Wildman–Crippen LogP) is 2.99. The topological polar surface area (TPSA) is 41.1 Å². The quantitative estimate of drug-likeness (QED) is 0.873. The normalized spacial score (nSPS) is 16.8. The van der Waals surface area contributed by atoms with Gasteiger partial charge in [-0.25, -0.2) is 4.98 Å². The van der Waals surface area contributed by atoms with Crippen LogP contribution in [0.3, 0.4) is 0 Å². The molecule has 1 aliphatic rings. The fourth-order valence-corrected chi connectivity index (χ4v) is 2.24. The molecule has 18 heavy (non-hydrogen) atoms. The number of piperidine rings is 1. The molecule has 4 nitrogen and oxygen atoms in total. The summed E-state index contributed by atoms with van der Waals surface area (Å²) < 4.78 is 0. The van der Waals surface area contributed by atoms with Crippen molar-refractivity contribution < 1.29 is 0 Å². The van der Waals surface area contributed by atoms with E-state index in [1.165, 1.54) is 19.3 Å². The Balaban J connectivity index is 2.20. The highest BCUT2D eigenvalue weighted by Gasteiger charge is 2.16. The summed E-state index contributed by atoms with van der Waals surface area (Å²) in [6, 6.07) is 2.01. The summed E-state index contributed by atoms with van der Waals surface area (Å²) in [4.78, 5) is 11.5. The molecule has 1 aromatic heterocycles. The van der Waals surface area contributed by atoms with Crippen molar-refractivity contribution in [2.45, 2.75) is 52.5 Å². The van der Waals surface area contributed by atoms with Crippen LogP contribution in [0.1, 0.15) is 45.7 Å². The van der Waals surface area contributed by atoms with E-state index in [1.54, 1.807) is 0 Å². The molecule has 1 saturated heterocycles. The van der Waals surface area contributed by atoms with Gasteiger partial charge in [-0.15, -0.1) is 0 Å². The average molecular weight is 248 g/mol. The molecule has 0 aromatic carbocycles. The number of hydrogen-bond donors (Lipinski definition) is 1. The lowest BCUT2D eigenvalue weighted by Gasteiger charge is -2.28. The Hall–Kier alpha value is -1.32. The van der Waals surface area contributed by atoms with E-state index in [0.717, 1.165) is 30.5 Å². The van der Waals surface area contributed by atoms with Gasteiger partial charge >= 0.3 is 0 Å². The van der Waals surface area contributed by atoms with E-state index in [-0.39, 0.29) is 5.54 Å². The first-order valence-electron chi connectivity index (χ1n) is 6.83. The number of nitrogens with one attached hydrogen (secondary N) is 1. The minimum atomic E-state index is 0.0277. The minimum Gasteiger partial charge on any atom is -0.365 e. The molecule has 0 aliphatic carbocycles. The molecular weight excluding hydrogens is 224 g/mol. The standard InChI is InChI=1S/C14H24N4/c1-11-10-12(17-14(2,3)4)16-13(15-11)18-8-6-5-7-9-18/h10H,5-9H2,1-4H3,(H,15,16,17). The van der Waals surface area contributed by atoms with Gasteiger partial charge in [0.15, 0.2) is 0 Å². The van der Waals surface area contributed by atoms with Gasteiger partial charge in [0, 0.05) is 30.4 Å². The van der Waals surface area contributed by atoms with Crippen molar-refractivity contribution in [3.63, 3.8) is 0 Å². The zero-order valence-corrected chi connectivity index (χ0v) is 12.0. The number of anilines is 2. The lowest BCUT2D eigenvalue weighted by Crippen LogP contribution is -2.32. The molecule has 1 aliphatic heterocycles. The van der Waals surface area contributed by atoms with Gasteiger partial charge in [-0.1, -0.05) is 0 Å². The maximum absolute atomic E-state index is 4.65. The van der Waals surface area contributed by atoms with E-state index >= 15 is 0 Å². The van der Waals surface area contributed by atoms with Crippen LogP contribution in [-0.4, -0.2) is 28.6 Å². The summed E-state index contributed by atoms with van der Waals surface area (Å²) in [5.74, 6) is 1.80. The van der Waals surface area contributed by atoms with E-state index in [2.05, 4.69) is 41.0 Å². The molecule has 0 unspecified atom stereocenters. The van der Waals surface area contributed by atoms with Crippen LogP contribution in [0.4, 0.5) is 11.8 Å². The average Bonchev–Trinajstić information content (AvgIpc) is 2.27. The van der Waals surface area contributed by atoms with Crippen LogP contribution in [0.25, 0.3) is 0 Å². The van der Waals surface area contributed by atoms with Gasteiger partial charge in [0.2, 0.25) is 5.95 Å². The second-order valence-electron chi connectivity index (χ2n) is 6.12. The molecule has 1 N–H and O–H groups in total. The van der Waals surface area contributed by atoms with E-state index in [9.17, 15) is 0 Å². The molecular formula is C14H24N4. The molecule has 2 rings (SSSR count). The first-order chi connectivity index (χ1) is 8.44. The third-order valence-electron chi connectivity index (χ3n) is 2.98. The highest BCUT2D eigenvalue weighted by Crippen LogP contribution is 2.20. The third kappa shape index (κ3) is 3.59. The Bertz CT molecular complexity index is 403. The van der Waals surface area contributed by atoms with E-state index in [4.69, 9.17) is 0 Å². The summed E-state index contributed by atoms with van der Waals surface area (Å²) in [5, 5.41) is 3.42. The van der Waals surface area contributed by atoms with Gasteiger partial charge in [-0.3, -0.25) is 0 Å².